The zero-order valence-corrected chi connectivity index (χ0v) is 14.1. The van der Waals surface area contributed by atoms with Crippen molar-refractivity contribution in [1.29, 1.82) is 0 Å². The number of thioether (sulfide) groups is 2. The van der Waals surface area contributed by atoms with Gasteiger partial charge in [-0.15, -0.1) is 11.8 Å². The van der Waals surface area contributed by atoms with E-state index in [0.29, 0.717) is 6.54 Å². The predicted molar refractivity (Wildman–Crippen MR) is 94.7 cm³/mol. The molecule has 1 fully saturated rings. The Morgan fingerprint density at radius 3 is 3.09 bits per heavy atom. The number of nitrogens with zero attached hydrogens (tertiary/aromatic N) is 2. The van der Waals surface area contributed by atoms with E-state index in [1.807, 2.05) is 28.6 Å². The molecule has 1 aromatic heterocycles. The van der Waals surface area contributed by atoms with E-state index in [0.717, 1.165) is 23.1 Å². The van der Waals surface area contributed by atoms with E-state index in [2.05, 4.69) is 35.5 Å². The van der Waals surface area contributed by atoms with Crippen LogP contribution < -0.4 is 5.32 Å². The number of aryl methyl sites for hydroxylation is 1. The summed E-state index contributed by atoms with van der Waals surface area (Å²) in [7, 11) is 0. The van der Waals surface area contributed by atoms with Gasteiger partial charge in [-0.3, -0.25) is 4.79 Å². The summed E-state index contributed by atoms with van der Waals surface area (Å²) in [5.74, 6) is 3.93. The standard InChI is InChI=1S/C16H19N3OS2/c1-12-3-2-4-13(9-12)10-19-15(5-6-17-19)18-16(20)14-11-21-7-8-22-14/h2-6,9,14H,7-8,10-11H2,1H3,(H,18,20)/t14-/m0/s1. The summed E-state index contributed by atoms with van der Waals surface area (Å²) in [6, 6.07) is 10.2. The molecular formula is C16H19N3OS2. The van der Waals surface area contributed by atoms with Crippen LogP contribution in [0.5, 0.6) is 0 Å². The van der Waals surface area contributed by atoms with E-state index in [9.17, 15) is 4.79 Å². The highest BCUT2D eigenvalue weighted by atomic mass is 32.2. The first kappa shape index (κ1) is 15.5. The van der Waals surface area contributed by atoms with Crippen molar-refractivity contribution in [2.75, 3.05) is 22.6 Å². The number of carbonyl (C=O) groups is 1. The lowest BCUT2D eigenvalue weighted by Gasteiger charge is -2.20. The zero-order chi connectivity index (χ0) is 15.4. The maximum atomic E-state index is 12.3. The number of rotatable bonds is 4. The van der Waals surface area contributed by atoms with Crippen LogP contribution in [0.15, 0.2) is 36.5 Å². The Balaban J connectivity index is 1.68. The summed E-state index contributed by atoms with van der Waals surface area (Å²) in [5.41, 5.74) is 2.41. The Morgan fingerprint density at radius 1 is 1.41 bits per heavy atom. The Morgan fingerprint density at radius 2 is 2.32 bits per heavy atom. The largest absolute Gasteiger partial charge is 0.310 e. The lowest BCUT2D eigenvalue weighted by Crippen LogP contribution is -2.31. The molecule has 1 N–H and O–H groups in total. The minimum Gasteiger partial charge on any atom is -0.310 e. The van der Waals surface area contributed by atoms with Crippen LogP contribution in [0.4, 0.5) is 5.82 Å². The van der Waals surface area contributed by atoms with Crippen LogP contribution in [-0.2, 0) is 11.3 Å². The zero-order valence-electron chi connectivity index (χ0n) is 12.5. The van der Waals surface area contributed by atoms with Crippen LogP contribution in [0.3, 0.4) is 0 Å². The second-order valence-electron chi connectivity index (χ2n) is 5.29. The molecule has 0 bridgehead atoms. The SMILES string of the molecule is Cc1cccc(Cn2nccc2NC(=O)[C@@H]2CSCCS2)c1. The molecule has 1 aromatic carbocycles. The fraction of sp³-hybridized carbons (Fsp3) is 0.375. The van der Waals surface area contributed by atoms with Gasteiger partial charge in [-0.2, -0.15) is 16.9 Å². The van der Waals surface area contributed by atoms with Crippen molar-refractivity contribution < 1.29 is 4.79 Å². The summed E-state index contributed by atoms with van der Waals surface area (Å²) in [6.07, 6.45) is 1.73. The molecule has 0 saturated carbocycles. The van der Waals surface area contributed by atoms with Gasteiger partial charge >= 0.3 is 0 Å². The Hall–Kier alpha value is -1.40. The van der Waals surface area contributed by atoms with Gasteiger partial charge in [0.15, 0.2) is 0 Å². The molecule has 22 heavy (non-hydrogen) atoms. The summed E-state index contributed by atoms with van der Waals surface area (Å²) in [4.78, 5) is 12.3. The van der Waals surface area contributed by atoms with Crippen molar-refractivity contribution in [3.8, 4) is 0 Å². The summed E-state index contributed by atoms with van der Waals surface area (Å²) in [6.45, 7) is 2.74. The molecule has 1 aliphatic rings. The average Bonchev–Trinajstić information content (AvgIpc) is 2.95. The predicted octanol–water partition coefficient (Wildman–Crippen LogP) is 3.03. The minimum atomic E-state index is 0.0427. The van der Waals surface area contributed by atoms with Crippen LogP contribution in [0, 0.1) is 6.92 Å². The molecule has 6 heteroatoms. The molecule has 1 atom stereocenters. The van der Waals surface area contributed by atoms with Crippen molar-refractivity contribution in [3.63, 3.8) is 0 Å². The van der Waals surface area contributed by atoms with Crippen molar-refractivity contribution in [3.05, 3.63) is 47.7 Å². The number of hydrogen-bond acceptors (Lipinski definition) is 4. The van der Waals surface area contributed by atoms with Gasteiger partial charge in [0.25, 0.3) is 0 Å². The Labute approximate surface area is 139 Å². The normalized spacial score (nSPS) is 18.1. The maximum Gasteiger partial charge on any atom is 0.239 e. The number of amides is 1. The van der Waals surface area contributed by atoms with Crippen LogP contribution in [0.25, 0.3) is 0 Å². The molecular weight excluding hydrogens is 314 g/mol. The molecule has 1 saturated heterocycles. The maximum absolute atomic E-state index is 12.3. The lowest BCUT2D eigenvalue weighted by molar-refractivity contribution is -0.115. The van der Waals surface area contributed by atoms with E-state index >= 15 is 0 Å². The van der Waals surface area contributed by atoms with Crippen molar-refractivity contribution in [2.24, 2.45) is 0 Å². The molecule has 0 radical (unpaired) electrons. The van der Waals surface area contributed by atoms with Crippen molar-refractivity contribution in [1.82, 2.24) is 9.78 Å². The molecule has 0 aliphatic carbocycles. The monoisotopic (exact) mass is 333 g/mol. The van der Waals surface area contributed by atoms with Crippen LogP contribution >= 0.6 is 23.5 Å². The number of anilines is 1. The first-order valence-electron chi connectivity index (χ1n) is 7.30. The minimum absolute atomic E-state index is 0.0427. The van der Waals surface area contributed by atoms with Gasteiger partial charge in [-0.05, 0) is 12.5 Å². The second-order valence-corrected chi connectivity index (χ2v) is 7.75. The quantitative estimate of drug-likeness (QED) is 0.934. The van der Waals surface area contributed by atoms with Gasteiger partial charge in [0.2, 0.25) is 5.91 Å². The van der Waals surface area contributed by atoms with Gasteiger partial charge in [0, 0.05) is 23.3 Å². The third-order valence-electron chi connectivity index (χ3n) is 3.49. The second kappa shape index (κ2) is 7.24. The van der Waals surface area contributed by atoms with Crippen molar-refractivity contribution >= 4 is 35.2 Å². The molecule has 3 rings (SSSR count). The van der Waals surface area contributed by atoms with Gasteiger partial charge < -0.3 is 5.32 Å². The van der Waals surface area contributed by atoms with Crippen LogP contribution in [0.2, 0.25) is 0 Å². The summed E-state index contributed by atoms with van der Waals surface area (Å²) >= 11 is 3.59. The third kappa shape index (κ3) is 3.87. The first-order valence-corrected chi connectivity index (χ1v) is 9.50. The van der Waals surface area contributed by atoms with E-state index in [1.54, 1.807) is 18.0 Å². The highest BCUT2D eigenvalue weighted by molar-refractivity contribution is 8.07. The van der Waals surface area contributed by atoms with E-state index in [-0.39, 0.29) is 11.2 Å². The number of benzene rings is 1. The van der Waals surface area contributed by atoms with Gasteiger partial charge in [-0.1, -0.05) is 29.8 Å². The molecule has 0 spiro atoms. The number of carbonyl (C=O) groups excluding carboxylic acids is 1. The highest BCUT2D eigenvalue weighted by Crippen LogP contribution is 2.25. The smallest absolute Gasteiger partial charge is 0.239 e. The lowest BCUT2D eigenvalue weighted by atomic mass is 10.1. The van der Waals surface area contributed by atoms with Crippen molar-refractivity contribution in [2.45, 2.75) is 18.7 Å². The molecule has 2 heterocycles. The van der Waals surface area contributed by atoms with Gasteiger partial charge in [-0.25, -0.2) is 4.68 Å². The Bertz CT molecular complexity index is 650. The fourth-order valence-electron chi connectivity index (χ4n) is 2.39. The molecule has 116 valence electrons. The van der Waals surface area contributed by atoms with Gasteiger partial charge in [0.1, 0.15) is 5.82 Å². The average molecular weight is 333 g/mol. The fourth-order valence-corrected chi connectivity index (χ4v) is 4.95. The highest BCUT2D eigenvalue weighted by Gasteiger charge is 2.23. The Kier molecular flexibility index (Phi) is 5.10. The van der Waals surface area contributed by atoms with E-state index in [1.165, 1.54) is 11.1 Å². The van der Waals surface area contributed by atoms with E-state index in [4.69, 9.17) is 0 Å². The van der Waals surface area contributed by atoms with Crippen LogP contribution in [0.1, 0.15) is 11.1 Å². The molecule has 1 amide bonds. The van der Waals surface area contributed by atoms with E-state index < -0.39 is 0 Å². The first-order chi connectivity index (χ1) is 10.7. The topological polar surface area (TPSA) is 46.9 Å². The van der Waals surface area contributed by atoms with Gasteiger partial charge in [0.05, 0.1) is 18.0 Å². The van der Waals surface area contributed by atoms with Crippen LogP contribution in [-0.4, -0.2) is 38.2 Å². The number of aromatic nitrogens is 2. The number of hydrogen-bond donors (Lipinski definition) is 1. The summed E-state index contributed by atoms with van der Waals surface area (Å²) < 4.78 is 1.84. The molecule has 4 nitrogen and oxygen atoms in total. The summed E-state index contributed by atoms with van der Waals surface area (Å²) in [5, 5.41) is 7.39. The number of nitrogens with one attached hydrogen (secondary N) is 1. The third-order valence-corrected chi connectivity index (χ3v) is 6.25. The molecule has 2 aromatic rings. The molecule has 0 unspecified atom stereocenters. The molecule has 1 aliphatic heterocycles.